The van der Waals surface area contributed by atoms with E-state index in [-0.39, 0.29) is 11.5 Å². The van der Waals surface area contributed by atoms with Crippen molar-refractivity contribution in [1.82, 2.24) is 4.90 Å². The van der Waals surface area contributed by atoms with Crippen molar-refractivity contribution < 1.29 is 19.4 Å². The number of benzene rings is 2. The van der Waals surface area contributed by atoms with Gasteiger partial charge in [-0.15, -0.1) is 0 Å². The van der Waals surface area contributed by atoms with Gasteiger partial charge in [-0.3, -0.25) is 4.79 Å². The van der Waals surface area contributed by atoms with E-state index in [0.717, 1.165) is 42.6 Å². The molecule has 3 rings (SSSR count). The van der Waals surface area contributed by atoms with Crippen LogP contribution in [0.4, 0.5) is 0 Å². The van der Waals surface area contributed by atoms with Crippen molar-refractivity contribution in [1.29, 1.82) is 0 Å². The van der Waals surface area contributed by atoms with Crippen LogP contribution in [0.1, 0.15) is 47.2 Å². The molecule has 27 heavy (non-hydrogen) atoms. The van der Waals surface area contributed by atoms with Crippen LogP contribution in [0.25, 0.3) is 0 Å². The second kappa shape index (κ2) is 7.82. The van der Waals surface area contributed by atoms with E-state index in [9.17, 15) is 9.59 Å². The molecule has 0 heterocycles. The Hall–Kier alpha value is -2.82. The van der Waals surface area contributed by atoms with Crippen LogP contribution in [-0.2, 0) is 16.8 Å². The van der Waals surface area contributed by atoms with Crippen LogP contribution in [0.3, 0.4) is 0 Å². The summed E-state index contributed by atoms with van der Waals surface area (Å²) in [6.45, 7) is 0.455. The van der Waals surface area contributed by atoms with Crippen LogP contribution < -0.4 is 4.74 Å². The van der Waals surface area contributed by atoms with Gasteiger partial charge in [0, 0.05) is 13.6 Å². The highest BCUT2D eigenvalue weighted by Crippen LogP contribution is 2.43. The predicted molar refractivity (Wildman–Crippen MR) is 103 cm³/mol. The lowest BCUT2D eigenvalue weighted by Crippen LogP contribution is -2.43. The summed E-state index contributed by atoms with van der Waals surface area (Å²) in [5.74, 6) is -0.0471. The van der Waals surface area contributed by atoms with Crippen molar-refractivity contribution in [3.8, 4) is 5.75 Å². The Kier molecular flexibility index (Phi) is 5.49. The van der Waals surface area contributed by atoms with Crippen molar-refractivity contribution in [3.63, 3.8) is 0 Å². The maximum atomic E-state index is 13.4. The topological polar surface area (TPSA) is 66.8 Å². The van der Waals surface area contributed by atoms with E-state index in [0.29, 0.717) is 6.54 Å². The molecule has 2 aromatic rings. The van der Waals surface area contributed by atoms with E-state index >= 15 is 0 Å². The smallest absolute Gasteiger partial charge is 0.335 e. The number of hydrogen-bond donors (Lipinski definition) is 1. The Bertz CT molecular complexity index is 805. The van der Waals surface area contributed by atoms with E-state index in [1.807, 2.05) is 31.3 Å². The quantitative estimate of drug-likeness (QED) is 0.842. The van der Waals surface area contributed by atoms with Crippen LogP contribution >= 0.6 is 0 Å². The van der Waals surface area contributed by atoms with Crippen LogP contribution in [0, 0.1) is 0 Å². The Balaban J connectivity index is 1.80. The molecule has 5 nitrogen and oxygen atoms in total. The lowest BCUT2D eigenvalue weighted by Gasteiger charge is -2.33. The number of nitrogens with zero attached hydrogens (tertiary/aromatic N) is 1. The average Bonchev–Trinajstić information content (AvgIpc) is 3.19. The van der Waals surface area contributed by atoms with Crippen LogP contribution in [0.5, 0.6) is 5.75 Å². The Morgan fingerprint density at radius 1 is 1.04 bits per heavy atom. The van der Waals surface area contributed by atoms with Gasteiger partial charge in [-0.25, -0.2) is 4.79 Å². The first kappa shape index (κ1) is 19.0. The number of amides is 1. The minimum atomic E-state index is -0.949. The molecule has 0 saturated heterocycles. The van der Waals surface area contributed by atoms with Gasteiger partial charge in [0.15, 0.2) is 0 Å². The summed E-state index contributed by atoms with van der Waals surface area (Å²) in [6.07, 6.45) is 3.78. The molecule has 0 atom stereocenters. The van der Waals surface area contributed by atoms with Gasteiger partial charge in [-0.1, -0.05) is 37.1 Å². The van der Waals surface area contributed by atoms with Crippen molar-refractivity contribution in [2.45, 2.75) is 37.6 Å². The molecular formula is C22H25NO4. The molecule has 2 aromatic carbocycles. The summed E-state index contributed by atoms with van der Waals surface area (Å²) in [5.41, 5.74) is 1.72. The van der Waals surface area contributed by atoms with Gasteiger partial charge in [-0.05, 0) is 48.2 Å². The Morgan fingerprint density at radius 2 is 1.63 bits per heavy atom. The third-order valence-corrected chi connectivity index (χ3v) is 5.48. The molecule has 1 fully saturated rings. The molecule has 5 heteroatoms. The van der Waals surface area contributed by atoms with Gasteiger partial charge < -0.3 is 14.7 Å². The molecule has 0 unspecified atom stereocenters. The van der Waals surface area contributed by atoms with Gasteiger partial charge in [-0.2, -0.15) is 0 Å². The maximum Gasteiger partial charge on any atom is 0.335 e. The normalized spacial score (nSPS) is 15.3. The molecule has 0 radical (unpaired) electrons. The molecule has 0 bridgehead atoms. The molecule has 1 amide bonds. The van der Waals surface area contributed by atoms with Gasteiger partial charge >= 0.3 is 5.97 Å². The predicted octanol–water partition coefficient (Wildman–Crippen LogP) is 3.86. The van der Waals surface area contributed by atoms with Crippen LogP contribution in [0.2, 0.25) is 0 Å². The van der Waals surface area contributed by atoms with E-state index in [1.165, 1.54) is 0 Å². The summed E-state index contributed by atoms with van der Waals surface area (Å²) >= 11 is 0. The molecule has 1 aliphatic carbocycles. The van der Waals surface area contributed by atoms with Crippen molar-refractivity contribution in [2.24, 2.45) is 0 Å². The lowest BCUT2D eigenvalue weighted by atomic mass is 9.77. The molecule has 1 aliphatic rings. The number of carboxylic acids is 1. The zero-order valence-electron chi connectivity index (χ0n) is 15.8. The number of carbonyl (C=O) groups excluding carboxylic acids is 1. The number of methoxy groups -OCH3 is 1. The highest BCUT2D eigenvalue weighted by Gasteiger charge is 2.44. The minimum Gasteiger partial charge on any atom is -0.497 e. The van der Waals surface area contributed by atoms with Gasteiger partial charge in [0.25, 0.3) is 0 Å². The fourth-order valence-electron chi connectivity index (χ4n) is 3.98. The van der Waals surface area contributed by atoms with E-state index < -0.39 is 11.4 Å². The Morgan fingerprint density at radius 3 is 2.15 bits per heavy atom. The first-order chi connectivity index (χ1) is 13.0. The number of ether oxygens (including phenoxy) is 1. The maximum absolute atomic E-state index is 13.4. The molecular weight excluding hydrogens is 342 g/mol. The van der Waals surface area contributed by atoms with E-state index in [1.54, 1.807) is 36.3 Å². The van der Waals surface area contributed by atoms with E-state index in [2.05, 4.69) is 0 Å². The lowest BCUT2D eigenvalue weighted by molar-refractivity contribution is -0.136. The largest absolute Gasteiger partial charge is 0.497 e. The summed E-state index contributed by atoms with van der Waals surface area (Å²) in [5, 5.41) is 9.01. The zero-order valence-corrected chi connectivity index (χ0v) is 15.8. The minimum absolute atomic E-state index is 0.118. The van der Waals surface area contributed by atoms with Crippen LogP contribution in [-0.4, -0.2) is 36.0 Å². The number of carbonyl (C=O) groups is 2. The van der Waals surface area contributed by atoms with Gasteiger partial charge in [0.1, 0.15) is 5.75 Å². The molecule has 0 aliphatic heterocycles. The first-order valence-corrected chi connectivity index (χ1v) is 9.18. The monoisotopic (exact) mass is 367 g/mol. The van der Waals surface area contributed by atoms with Gasteiger partial charge in [0.2, 0.25) is 5.91 Å². The van der Waals surface area contributed by atoms with Crippen molar-refractivity contribution >= 4 is 11.9 Å². The molecule has 0 aromatic heterocycles. The van der Waals surface area contributed by atoms with E-state index in [4.69, 9.17) is 9.84 Å². The summed E-state index contributed by atoms with van der Waals surface area (Å²) in [6, 6.07) is 14.5. The SMILES string of the molecule is COc1ccc(C2(C(=O)N(C)Cc3ccc(C(=O)O)cc3)CCCC2)cc1. The summed E-state index contributed by atoms with van der Waals surface area (Å²) in [4.78, 5) is 26.1. The fraction of sp³-hybridized carbons (Fsp3) is 0.364. The molecule has 1 N–H and O–H groups in total. The number of hydrogen-bond acceptors (Lipinski definition) is 3. The number of rotatable bonds is 6. The van der Waals surface area contributed by atoms with Gasteiger partial charge in [0.05, 0.1) is 18.1 Å². The number of likely N-dealkylation sites (N-methyl/N-ethyl adjacent to an activating group) is 1. The molecule has 1 saturated carbocycles. The number of aromatic carboxylic acids is 1. The fourth-order valence-corrected chi connectivity index (χ4v) is 3.98. The molecule has 0 spiro atoms. The second-order valence-corrected chi connectivity index (χ2v) is 7.18. The van der Waals surface area contributed by atoms with Crippen LogP contribution in [0.15, 0.2) is 48.5 Å². The second-order valence-electron chi connectivity index (χ2n) is 7.18. The third kappa shape index (κ3) is 3.82. The first-order valence-electron chi connectivity index (χ1n) is 9.18. The Labute approximate surface area is 159 Å². The highest BCUT2D eigenvalue weighted by atomic mass is 16.5. The summed E-state index contributed by atoms with van der Waals surface area (Å²) in [7, 11) is 3.45. The standard InChI is InChI=1S/C22H25NO4/c1-23(15-16-5-7-17(8-6-16)20(24)25)21(26)22(13-3-4-14-22)18-9-11-19(27-2)12-10-18/h5-12H,3-4,13-15H2,1-2H3,(H,24,25). The molecule has 142 valence electrons. The van der Waals surface area contributed by atoms with Crippen molar-refractivity contribution in [3.05, 3.63) is 65.2 Å². The van der Waals surface area contributed by atoms with Crippen molar-refractivity contribution in [2.75, 3.05) is 14.2 Å². The summed E-state index contributed by atoms with van der Waals surface area (Å²) < 4.78 is 5.24. The third-order valence-electron chi connectivity index (χ3n) is 5.48. The average molecular weight is 367 g/mol. The zero-order chi connectivity index (χ0) is 19.4. The number of carboxylic acid groups (broad SMARTS) is 1. The highest BCUT2D eigenvalue weighted by molar-refractivity contribution is 5.89.